The highest BCUT2D eigenvalue weighted by Crippen LogP contribution is 2.44. The molecule has 0 spiro atoms. The van der Waals surface area contributed by atoms with Crippen molar-refractivity contribution >= 4 is 34.4 Å². The molecule has 1 aromatic heterocycles. The second kappa shape index (κ2) is 11.2. The minimum absolute atomic E-state index is 0.00746. The Morgan fingerprint density at radius 3 is 2.36 bits per heavy atom. The Bertz CT molecular complexity index is 1860. The van der Waals surface area contributed by atoms with Gasteiger partial charge in [-0.1, -0.05) is 78.4 Å². The molecule has 7 nitrogen and oxygen atoms in total. The molecule has 0 saturated carbocycles. The number of para-hydroxylation sites is 1. The number of imide groups is 1. The summed E-state index contributed by atoms with van der Waals surface area (Å²) >= 11 is 0. The summed E-state index contributed by atoms with van der Waals surface area (Å²) in [5.74, 6) is -0.437. The molecule has 3 heterocycles. The molecular weight excluding hydrogens is 548 g/mol. The van der Waals surface area contributed by atoms with Crippen molar-refractivity contribution in [2.45, 2.75) is 51.2 Å². The van der Waals surface area contributed by atoms with Crippen molar-refractivity contribution in [3.05, 3.63) is 137 Å². The number of carbonyl (C=O) groups is 3. The van der Waals surface area contributed by atoms with E-state index in [0.717, 1.165) is 46.1 Å². The number of benzene rings is 4. The molecule has 7 rings (SSSR count). The molecule has 1 fully saturated rings. The van der Waals surface area contributed by atoms with Crippen LogP contribution in [0.3, 0.4) is 0 Å². The van der Waals surface area contributed by atoms with Crippen LogP contribution in [0.1, 0.15) is 57.7 Å². The van der Waals surface area contributed by atoms with E-state index in [1.165, 1.54) is 10.5 Å². The minimum atomic E-state index is -0.631. The van der Waals surface area contributed by atoms with Gasteiger partial charge in [0.05, 0.1) is 5.69 Å². The molecule has 2 aliphatic heterocycles. The van der Waals surface area contributed by atoms with Crippen molar-refractivity contribution in [1.29, 1.82) is 0 Å². The average molecular weight is 583 g/mol. The van der Waals surface area contributed by atoms with Crippen LogP contribution in [-0.2, 0) is 17.6 Å². The first kappa shape index (κ1) is 27.7. The molecule has 0 radical (unpaired) electrons. The highest BCUT2D eigenvalue weighted by atomic mass is 16.2. The molecule has 3 atom stereocenters. The van der Waals surface area contributed by atoms with Gasteiger partial charge in [0, 0.05) is 34.6 Å². The van der Waals surface area contributed by atoms with E-state index < -0.39 is 12.1 Å². The molecule has 7 heteroatoms. The van der Waals surface area contributed by atoms with Gasteiger partial charge in [-0.2, -0.15) is 0 Å². The molecule has 44 heavy (non-hydrogen) atoms. The van der Waals surface area contributed by atoms with Crippen LogP contribution in [0.2, 0.25) is 0 Å². The minimum Gasteiger partial charge on any atom is -0.356 e. The van der Waals surface area contributed by atoms with Gasteiger partial charge in [-0.3, -0.25) is 14.5 Å². The zero-order chi connectivity index (χ0) is 30.4. The second-order valence-corrected chi connectivity index (χ2v) is 11.9. The fraction of sp³-hybridized carbons (Fsp3) is 0.216. The summed E-state index contributed by atoms with van der Waals surface area (Å²) in [7, 11) is 0. The zero-order valence-electron chi connectivity index (χ0n) is 24.8. The van der Waals surface area contributed by atoms with Gasteiger partial charge in [-0.05, 0) is 73.7 Å². The van der Waals surface area contributed by atoms with Gasteiger partial charge in [0.2, 0.25) is 0 Å². The third-order valence-corrected chi connectivity index (χ3v) is 8.92. The maximum absolute atomic E-state index is 14.1. The maximum atomic E-state index is 14.1. The van der Waals surface area contributed by atoms with Crippen LogP contribution in [0.15, 0.2) is 103 Å². The SMILES string of the molecule is Cc1ccc([C@@H]2c3[nH]c4ccccc4c3C[C@H]3C(=O)N(c4ccc(C(=O)N[C@@H](C)CCc5ccccc5)cc4)C(=O)N23)cc1. The van der Waals surface area contributed by atoms with E-state index >= 15 is 0 Å². The number of urea groups is 1. The lowest BCUT2D eigenvalue weighted by atomic mass is 9.88. The number of aromatic nitrogens is 1. The summed E-state index contributed by atoms with van der Waals surface area (Å²) in [6.07, 6.45) is 2.13. The van der Waals surface area contributed by atoms with Gasteiger partial charge in [0.25, 0.3) is 11.8 Å². The normalized spacial score (nSPS) is 18.3. The van der Waals surface area contributed by atoms with Gasteiger partial charge >= 0.3 is 6.03 Å². The van der Waals surface area contributed by atoms with E-state index in [2.05, 4.69) is 28.5 Å². The molecular formula is C37H34N4O3. The van der Waals surface area contributed by atoms with Crippen LogP contribution in [0.25, 0.3) is 10.9 Å². The van der Waals surface area contributed by atoms with Gasteiger partial charge in [-0.15, -0.1) is 0 Å². The van der Waals surface area contributed by atoms with Crippen LogP contribution in [0, 0.1) is 6.92 Å². The lowest BCUT2D eigenvalue weighted by Crippen LogP contribution is -2.44. The Morgan fingerprint density at radius 1 is 0.909 bits per heavy atom. The Morgan fingerprint density at radius 2 is 1.61 bits per heavy atom. The summed E-state index contributed by atoms with van der Waals surface area (Å²) in [5, 5.41) is 4.14. The maximum Gasteiger partial charge on any atom is 0.332 e. The average Bonchev–Trinajstić information content (AvgIpc) is 3.54. The summed E-state index contributed by atoms with van der Waals surface area (Å²) in [4.78, 5) is 47.6. The van der Waals surface area contributed by atoms with Gasteiger partial charge in [0.15, 0.2) is 0 Å². The molecule has 2 aliphatic rings. The molecule has 4 amide bonds. The van der Waals surface area contributed by atoms with E-state index in [1.54, 1.807) is 29.2 Å². The Balaban J connectivity index is 1.13. The fourth-order valence-electron chi connectivity index (χ4n) is 6.58. The van der Waals surface area contributed by atoms with Crippen molar-refractivity contribution in [2.75, 3.05) is 4.90 Å². The number of anilines is 1. The molecule has 0 unspecified atom stereocenters. The van der Waals surface area contributed by atoms with Crippen LogP contribution in [-0.4, -0.2) is 39.8 Å². The monoisotopic (exact) mass is 582 g/mol. The Kier molecular flexibility index (Phi) is 7.01. The molecule has 0 bridgehead atoms. The van der Waals surface area contributed by atoms with Crippen LogP contribution >= 0.6 is 0 Å². The smallest absolute Gasteiger partial charge is 0.332 e. The van der Waals surface area contributed by atoms with Crippen molar-refractivity contribution < 1.29 is 14.4 Å². The number of rotatable bonds is 7. The van der Waals surface area contributed by atoms with Crippen LogP contribution in [0.4, 0.5) is 10.5 Å². The number of amides is 4. The van der Waals surface area contributed by atoms with E-state index in [9.17, 15) is 14.4 Å². The number of nitrogens with one attached hydrogen (secondary N) is 2. The third-order valence-electron chi connectivity index (χ3n) is 8.92. The second-order valence-electron chi connectivity index (χ2n) is 11.9. The van der Waals surface area contributed by atoms with Crippen molar-refractivity contribution in [3.8, 4) is 0 Å². The summed E-state index contributed by atoms with van der Waals surface area (Å²) in [6.45, 7) is 4.03. The number of fused-ring (bicyclic) bond motifs is 4. The van der Waals surface area contributed by atoms with Crippen molar-refractivity contribution in [1.82, 2.24) is 15.2 Å². The molecule has 220 valence electrons. The summed E-state index contributed by atoms with van der Waals surface area (Å²) in [6, 6.07) is 31.7. The third kappa shape index (κ3) is 4.84. The van der Waals surface area contributed by atoms with Crippen LogP contribution in [0.5, 0.6) is 0 Å². The first-order chi connectivity index (χ1) is 21.4. The topological polar surface area (TPSA) is 85.5 Å². The number of H-pyrrole nitrogens is 1. The standard InChI is InChI=1S/C37H34N4O3/c1-23-12-16-26(17-13-23)34-33-30(29-10-6-7-11-31(29)39-33)22-32-36(43)40(37(44)41(32)34)28-20-18-27(19-21-28)35(42)38-24(2)14-15-25-8-4-3-5-9-25/h3-13,16-21,24,32,34,39H,14-15,22H2,1-2H3,(H,38,42)/t24-,32-,34+/m0/s1. The summed E-state index contributed by atoms with van der Waals surface area (Å²) in [5.41, 5.74) is 7.26. The molecule has 1 saturated heterocycles. The van der Waals surface area contributed by atoms with E-state index in [4.69, 9.17) is 0 Å². The van der Waals surface area contributed by atoms with Crippen molar-refractivity contribution in [2.24, 2.45) is 0 Å². The quantitative estimate of drug-likeness (QED) is 0.209. The van der Waals surface area contributed by atoms with E-state index in [-0.39, 0.29) is 23.9 Å². The summed E-state index contributed by atoms with van der Waals surface area (Å²) < 4.78 is 0. The number of hydrogen-bond acceptors (Lipinski definition) is 3. The van der Waals surface area contributed by atoms with E-state index in [0.29, 0.717) is 17.7 Å². The largest absolute Gasteiger partial charge is 0.356 e. The lowest BCUT2D eigenvalue weighted by Gasteiger charge is -2.36. The first-order valence-corrected chi connectivity index (χ1v) is 15.2. The van der Waals surface area contributed by atoms with Gasteiger partial charge < -0.3 is 10.3 Å². The number of carbonyl (C=O) groups excluding carboxylic acids is 3. The molecule has 4 aromatic carbocycles. The zero-order valence-corrected chi connectivity index (χ0v) is 24.8. The number of nitrogens with zero attached hydrogens (tertiary/aromatic N) is 2. The number of aryl methyl sites for hydroxylation is 2. The molecule has 0 aliphatic carbocycles. The fourth-order valence-corrected chi connectivity index (χ4v) is 6.58. The number of aromatic amines is 1. The van der Waals surface area contributed by atoms with E-state index in [1.807, 2.05) is 74.5 Å². The predicted molar refractivity (Wildman–Crippen MR) is 172 cm³/mol. The number of hydrogen-bond donors (Lipinski definition) is 2. The predicted octanol–water partition coefficient (Wildman–Crippen LogP) is 6.71. The van der Waals surface area contributed by atoms with Gasteiger partial charge in [0.1, 0.15) is 12.1 Å². The molecule has 2 N–H and O–H groups in total. The highest BCUT2D eigenvalue weighted by Gasteiger charge is 2.53. The van der Waals surface area contributed by atoms with Gasteiger partial charge in [-0.25, -0.2) is 9.69 Å². The lowest BCUT2D eigenvalue weighted by molar-refractivity contribution is -0.120. The van der Waals surface area contributed by atoms with Crippen LogP contribution < -0.4 is 10.2 Å². The Labute approximate surface area is 256 Å². The van der Waals surface area contributed by atoms with Crippen molar-refractivity contribution in [3.63, 3.8) is 0 Å². The Hall–Kier alpha value is -5.17. The first-order valence-electron chi connectivity index (χ1n) is 15.2. The molecule has 5 aromatic rings. The highest BCUT2D eigenvalue weighted by molar-refractivity contribution is 6.22.